The van der Waals surface area contributed by atoms with Gasteiger partial charge in [-0.25, -0.2) is 0 Å². The standard InChI is InChI=1S/2C20H24N2O.C19H22N2O.C19H21NO.C18H19NO.C17H21NO/c2*1-2-3-6-15-9-11-17(12-10-15)22-20(23)13-16-14-21-19-8-5-4-7-18(16)19;1-2-5-14-8-10-16(11-9-14)21-19(22)12-15-13-20-18-7-4-3-6-17(15)18;1-2-3-7-17-10-13-18(14-11-17)20-19(21)15-12-16-8-5-4-6-9-16;1-2-6-15-9-12-17(13-10-15)19-18(20)14-11-16-7-4-3-5-8-16;1-18-13-5-8-15-9-11-17(12-10-15)19-14-16-6-3-2-4-7-16/h2*4-5,7-12,14,18-19,21H,2-3,6,13H2,1H3,(H,22,23);3-4,6-11,13,17-18,20H,2,5,12H2,1H3,(H,21,22);4-6,8-15H,2-3,7H2,1H3,(H,20,21);3-5,7-14H,2,6H2,1H3,(H,19,20);2-4,6-7,9-12,18H,5,8,13-14H2,1H3/b;;;15-12+;14-11+;. The molecule has 0 spiro atoms. The number of rotatable bonds is 35. The molecule has 6 atom stereocenters. The van der Waals surface area contributed by atoms with Gasteiger partial charge in [0.05, 0.1) is 37.4 Å². The minimum Gasteiger partial charge on any atom is -0.489 e. The highest BCUT2D eigenvalue weighted by Crippen LogP contribution is 2.32. The Bertz CT molecular complexity index is 5110. The maximum atomic E-state index is 12.3. The molecule has 3 heterocycles. The quantitative estimate of drug-likeness (QED) is 0.0136. The van der Waals surface area contributed by atoms with Gasteiger partial charge in [-0.15, -0.1) is 0 Å². The van der Waals surface area contributed by atoms with Crippen LogP contribution in [0.4, 0.5) is 28.4 Å². The molecule has 0 aromatic heterocycles. The lowest BCUT2D eigenvalue weighted by Gasteiger charge is -2.18. The summed E-state index contributed by atoms with van der Waals surface area (Å²) in [6.07, 6.45) is 56.4. The molecule has 6 aliphatic rings. The second-order valence-corrected chi connectivity index (χ2v) is 32.7. The fraction of sp³-hybridized carbons (Fsp3) is 0.283. The van der Waals surface area contributed by atoms with Crippen molar-refractivity contribution in [2.24, 2.45) is 17.8 Å². The number of unbranched alkanes of at least 4 members (excludes halogenated alkanes) is 3. The highest BCUT2D eigenvalue weighted by atomic mass is 16.5. The van der Waals surface area contributed by atoms with E-state index in [2.05, 4.69) is 228 Å². The summed E-state index contributed by atoms with van der Waals surface area (Å²) in [5, 5.41) is 27.8. The summed E-state index contributed by atoms with van der Waals surface area (Å²) < 4.78 is 5.76. The fourth-order valence-corrected chi connectivity index (χ4v) is 15.2. The average molecular weight is 1710 g/mol. The Hall–Kier alpha value is -13.4. The van der Waals surface area contributed by atoms with Gasteiger partial charge in [0.1, 0.15) is 12.4 Å². The molecule has 0 saturated carbocycles. The number of fused-ring (bicyclic) bond motifs is 3. The summed E-state index contributed by atoms with van der Waals surface area (Å²) in [6.45, 7) is 12.6. The van der Waals surface area contributed by atoms with E-state index in [1.54, 1.807) is 18.2 Å². The smallest absolute Gasteiger partial charge is 0.248 e. The lowest BCUT2D eigenvalue weighted by molar-refractivity contribution is -0.116. The van der Waals surface area contributed by atoms with Crippen LogP contribution in [0.1, 0.15) is 162 Å². The number of amides is 5. The summed E-state index contributed by atoms with van der Waals surface area (Å²) in [5.41, 5.74) is 18.9. The van der Waals surface area contributed by atoms with Gasteiger partial charge >= 0.3 is 0 Å². The molecule has 128 heavy (non-hydrogen) atoms. The number of aryl methyl sites for hydroxylation is 6. The van der Waals surface area contributed by atoms with Crippen molar-refractivity contribution in [2.75, 3.05) is 40.2 Å². The third-order valence-electron chi connectivity index (χ3n) is 22.4. The van der Waals surface area contributed by atoms with Gasteiger partial charge in [0, 0.05) is 58.3 Å². The maximum absolute atomic E-state index is 12.3. The van der Waals surface area contributed by atoms with Gasteiger partial charge in [0.2, 0.25) is 29.5 Å². The van der Waals surface area contributed by atoms with E-state index in [-0.39, 0.29) is 29.5 Å². The van der Waals surface area contributed by atoms with Crippen molar-refractivity contribution >= 4 is 70.1 Å². The Balaban J connectivity index is 0.000000160. The van der Waals surface area contributed by atoms with Crippen LogP contribution >= 0.6 is 0 Å². The van der Waals surface area contributed by atoms with Crippen molar-refractivity contribution in [1.82, 2.24) is 21.3 Å². The van der Waals surface area contributed by atoms with Crippen LogP contribution in [0.2, 0.25) is 0 Å². The molecular weight excluding hydrogens is 1580 g/mol. The van der Waals surface area contributed by atoms with Crippen LogP contribution in [-0.2, 0) is 69.1 Å². The topological polar surface area (TPSA) is 203 Å². The van der Waals surface area contributed by atoms with Crippen molar-refractivity contribution < 1.29 is 28.7 Å². The minimum absolute atomic E-state index is 0.0416. The molecule has 0 saturated heterocycles. The van der Waals surface area contributed by atoms with E-state index < -0.39 is 0 Å². The Kier molecular flexibility index (Phi) is 41.7. The third kappa shape index (κ3) is 34.9. The molecule has 5 amide bonds. The number of anilines is 5. The van der Waals surface area contributed by atoms with Crippen molar-refractivity contribution in [3.8, 4) is 5.75 Å². The number of allylic oxidation sites excluding steroid dienone is 6. The van der Waals surface area contributed by atoms with Gasteiger partial charge in [-0.2, -0.15) is 0 Å². The Morgan fingerprint density at radius 1 is 0.312 bits per heavy atom. The third-order valence-corrected chi connectivity index (χ3v) is 22.4. The number of carbonyl (C=O) groups is 5. The zero-order chi connectivity index (χ0) is 90.0. The summed E-state index contributed by atoms with van der Waals surface area (Å²) in [7, 11) is 1.99. The van der Waals surface area contributed by atoms with Crippen LogP contribution in [0.5, 0.6) is 5.75 Å². The number of hydrogen-bond acceptors (Lipinski definition) is 10. The van der Waals surface area contributed by atoms with Crippen LogP contribution in [0, 0.1) is 17.8 Å². The molecule has 15 heteroatoms. The molecule has 9 aromatic carbocycles. The summed E-state index contributed by atoms with van der Waals surface area (Å²) >= 11 is 0. The molecule has 3 aliphatic carbocycles. The molecular formula is C113H131N9O6. The molecule has 15 rings (SSSR count). The van der Waals surface area contributed by atoms with Crippen molar-refractivity contribution in [3.05, 3.63) is 407 Å². The predicted octanol–water partition coefficient (Wildman–Crippen LogP) is 23.9. The normalized spacial score (nSPS) is 16.5. The summed E-state index contributed by atoms with van der Waals surface area (Å²) in [5.74, 6) is 1.76. The van der Waals surface area contributed by atoms with Gasteiger partial charge in [-0.05, 0) is 248 Å². The zero-order valence-corrected chi connectivity index (χ0v) is 75.5. The van der Waals surface area contributed by atoms with Gasteiger partial charge < -0.3 is 52.6 Å². The predicted molar refractivity (Wildman–Crippen MR) is 534 cm³/mol. The number of hydrogen-bond donors (Lipinski definition) is 9. The first-order valence-corrected chi connectivity index (χ1v) is 45.9. The van der Waals surface area contributed by atoms with Crippen molar-refractivity contribution in [2.45, 2.75) is 175 Å². The Morgan fingerprint density at radius 3 is 0.914 bits per heavy atom. The van der Waals surface area contributed by atoms with Crippen LogP contribution in [0.25, 0.3) is 12.2 Å². The van der Waals surface area contributed by atoms with Crippen LogP contribution in [-0.4, -0.2) is 61.3 Å². The largest absolute Gasteiger partial charge is 0.489 e. The van der Waals surface area contributed by atoms with E-state index in [0.29, 0.717) is 61.7 Å². The lowest BCUT2D eigenvalue weighted by Crippen LogP contribution is -2.25. The van der Waals surface area contributed by atoms with Gasteiger partial charge in [-0.1, -0.05) is 303 Å². The molecule has 9 N–H and O–H groups in total. The van der Waals surface area contributed by atoms with Crippen LogP contribution < -0.4 is 52.6 Å². The van der Waals surface area contributed by atoms with E-state index in [4.69, 9.17) is 4.74 Å². The maximum Gasteiger partial charge on any atom is 0.248 e. The molecule has 0 radical (unpaired) electrons. The SMILES string of the molecule is CCCCc1ccc(NC(=O)/C=C/c2ccccc2)cc1.CCCCc1ccc(NC(=O)CC2=CNC3C=CC=CC23)cc1.CCCCc1ccc(NC(=O)CC2=CNC3C=CC=CC23)cc1.CCCc1ccc(NC(=O)/C=C/c2ccccc2)cc1.CCCc1ccc(NC(=O)CC2=CNC3C=CC=CC23)cc1.CNCCCc1ccc(OCc2ccccc2)cc1. The molecule has 9 aromatic rings. The van der Waals surface area contributed by atoms with E-state index in [1.807, 2.05) is 196 Å². The molecule has 3 aliphatic heterocycles. The number of nitrogens with one attached hydrogen (secondary N) is 9. The highest BCUT2D eigenvalue weighted by Gasteiger charge is 2.31. The second-order valence-electron chi connectivity index (χ2n) is 32.7. The van der Waals surface area contributed by atoms with Crippen molar-refractivity contribution in [1.29, 1.82) is 0 Å². The molecule has 15 nitrogen and oxygen atoms in total. The first kappa shape index (κ1) is 96.8. The van der Waals surface area contributed by atoms with Gasteiger partial charge in [-0.3, -0.25) is 24.0 Å². The molecule has 0 fully saturated rings. The van der Waals surface area contributed by atoms with Crippen molar-refractivity contribution in [3.63, 3.8) is 0 Å². The van der Waals surface area contributed by atoms with Gasteiger partial charge in [0.25, 0.3) is 0 Å². The number of benzene rings is 9. The van der Waals surface area contributed by atoms with E-state index in [1.165, 1.54) is 83.9 Å². The number of carbonyl (C=O) groups excluding carboxylic acids is 5. The van der Waals surface area contributed by atoms with Crippen LogP contribution in [0.15, 0.2) is 357 Å². The highest BCUT2D eigenvalue weighted by molar-refractivity contribution is 6.03. The fourth-order valence-electron chi connectivity index (χ4n) is 15.2. The number of ether oxygens (including phenoxy) is 1. The molecule has 6 unspecified atom stereocenters. The first-order chi connectivity index (χ1) is 62.7. The first-order valence-electron chi connectivity index (χ1n) is 45.9. The molecule has 0 bridgehead atoms. The summed E-state index contributed by atoms with van der Waals surface area (Å²) in [4.78, 5) is 60.4. The van der Waals surface area contributed by atoms with E-state index in [9.17, 15) is 24.0 Å². The summed E-state index contributed by atoms with van der Waals surface area (Å²) in [6, 6.07) is 79.7. The molecule has 664 valence electrons. The van der Waals surface area contributed by atoms with Crippen LogP contribution in [0.3, 0.4) is 0 Å². The second kappa shape index (κ2) is 55.2. The van der Waals surface area contributed by atoms with E-state index >= 15 is 0 Å². The van der Waals surface area contributed by atoms with E-state index in [0.717, 1.165) is 120 Å². The average Bonchev–Trinajstić information content (AvgIpc) is 1.69. The monoisotopic (exact) mass is 1710 g/mol. The minimum atomic E-state index is -0.114. The Labute approximate surface area is 761 Å². The lowest BCUT2D eigenvalue weighted by atomic mass is 9.89. The van der Waals surface area contributed by atoms with Gasteiger partial charge in [0.15, 0.2) is 0 Å². The zero-order valence-electron chi connectivity index (χ0n) is 75.5. The Morgan fingerprint density at radius 2 is 0.602 bits per heavy atom.